The molecule has 0 aromatic carbocycles. The smallest absolute Gasteiger partial charge is 0.309 e. The highest BCUT2D eigenvalue weighted by Gasteiger charge is 2.18. The van der Waals surface area contributed by atoms with Gasteiger partial charge in [0, 0.05) is 16.6 Å². The second-order valence-corrected chi connectivity index (χ2v) is 3.84. The Morgan fingerprint density at radius 3 is 2.69 bits per heavy atom. The van der Waals surface area contributed by atoms with Gasteiger partial charge in [-0.2, -0.15) is 0 Å². The fourth-order valence-corrected chi connectivity index (χ4v) is 2.08. The number of carbonyl (C=O) groups is 1. The molecule has 0 spiro atoms. The predicted molar refractivity (Wildman–Crippen MR) is 57.9 cm³/mol. The first-order valence-electron chi connectivity index (χ1n) is 4.51. The van der Waals surface area contributed by atoms with E-state index >= 15 is 0 Å². The van der Waals surface area contributed by atoms with E-state index in [1.165, 1.54) is 6.07 Å². The third kappa shape index (κ3) is 2.98. The number of carboxylic acids is 1. The molecule has 1 heterocycles. The average molecular weight is 294 g/mol. The molecule has 0 aliphatic carbocycles. The van der Waals surface area contributed by atoms with Crippen LogP contribution in [0.4, 0.5) is 8.78 Å². The zero-order valence-corrected chi connectivity index (χ0v) is 10.1. The first-order chi connectivity index (χ1) is 7.45. The Hall–Kier alpha value is -1.04. The van der Waals surface area contributed by atoms with Gasteiger partial charge in [-0.15, -0.1) is 0 Å². The maximum Gasteiger partial charge on any atom is 0.309 e. The van der Waals surface area contributed by atoms with Crippen molar-refractivity contribution in [3.8, 4) is 0 Å². The molecular weight excluding hydrogens is 284 g/mol. The van der Waals surface area contributed by atoms with Gasteiger partial charge < -0.3 is 5.11 Å². The number of alkyl halides is 3. The van der Waals surface area contributed by atoms with Gasteiger partial charge in [-0.3, -0.25) is 9.78 Å². The van der Waals surface area contributed by atoms with E-state index in [-0.39, 0.29) is 28.6 Å². The molecule has 0 saturated carbocycles. The molecule has 1 N–H and O–H groups in total. The number of rotatable bonds is 4. The van der Waals surface area contributed by atoms with E-state index < -0.39 is 12.4 Å². The summed E-state index contributed by atoms with van der Waals surface area (Å²) >= 11 is 3.08. The minimum Gasteiger partial charge on any atom is -0.481 e. The molecule has 0 atom stereocenters. The van der Waals surface area contributed by atoms with E-state index in [0.717, 1.165) is 0 Å². The number of hydrogen-bond donors (Lipinski definition) is 1. The van der Waals surface area contributed by atoms with Crippen LogP contribution in [0.2, 0.25) is 0 Å². The first kappa shape index (κ1) is 13.0. The van der Waals surface area contributed by atoms with Crippen LogP contribution in [0.25, 0.3) is 0 Å². The van der Waals surface area contributed by atoms with Gasteiger partial charge in [-0.05, 0) is 18.6 Å². The molecule has 0 radical (unpaired) electrons. The van der Waals surface area contributed by atoms with Crippen molar-refractivity contribution in [2.45, 2.75) is 25.1 Å². The summed E-state index contributed by atoms with van der Waals surface area (Å²) < 4.78 is 25.4. The number of pyridine rings is 1. The minimum absolute atomic E-state index is 0.152. The summed E-state index contributed by atoms with van der Waals surface area (Å²) in [6.45, 7) is 1.56. The molecule has 0 fully saturated rings. The Morgan fingerprint density at radius 1 is 1.62 bits per heavy atom. The molecule has 6 heteroatoms. The van der Waals surface area contributed by atoms with E-state index in [1.807, 2.05) is 0 Å². The maximum atomic E-state index is 12.7. The number of nitrogens with zero attached hydrogens (tertiary/aromatic N) is 1. The first-order valence-corrected chi connectivity index (χ1v) is 5.63. The Bertz CT molecular complexity index is 410. The van der Waals surface area contributed by atoms with Crippen LogP contribution in [-0.2, 0) is 16.5 Å². The van der Waals surface area contributed by atoms with Crippen molar-refractivity contribution >= 4 is 21.9 Å². The van der Waals surface area contributed by atoms with Crippen LogP contribution in [0.15, 0.2) is 6.07 Å². The molecule has 0 unspecified atom stereocenters. The Kier molecular flexibility index (Phi) is 4.35. The standard InChI is InChI=1S/C10H10BrF2NO2/c1-5-2-6(10(12)13)7(4-11)8(14-5)3-9(15)16/h2,10H,3-4H2,1H3,(H,15,16). The van der Waals surface area contributed by atoms with Gasteiger partial charge in [0.05, 0.1) is 12.1 Å². The molecule has 88 valence electrons. The van der Waals surface area contributed by atoms with E-state index in [9.17, 15) is 13.6 Å². The molecule has 0 bridgehead atoms. The van der Waals surface area contributed by atoms with Gasteiger partial charge >= 0.3 is 5.97 Å². The summed E-state index contributed by atoms with van der Waals surface area (Å²) in [5.74, 6) is -1.08. The Balaban J connectivity index is 3.29. The molecule has 16 heavy (non-hydrogen) atoms. The zero-order valence-electron chi connectivity index (χ0n) is 8.51. The van der Waals surface area contributed by atoms with Crippen molar-refractivity contribution in [3.63, 3.8) is 0 Å². The Labute approximate surface area is 99.6 Å². The molecule has 1 aromatic rings. The molecule has 3 nitrogen and oxygen atoms in total. The van der Waals surface area contributed by atoms with Crippen LogP contribution in [0, 0.1) is 6.92 Å². The van der Waals surface area contributed by atoms with Crippen LogP contribution in [-0.4, -0.2) is 16.1 Å². The fraction of sp³-hybridized carbons (Fsp3) is 0.400. The summed E-state index contributed by atoms with van der Waals surface area (Å²) in [5.41, 5.74) is 0.708. The van der Waals surface area contributed by atoms with E-state index in [2.05, 4.69) is 20.9 Å². The van der Waals surface area contributed by atoms with Crippen molar-refractivity contribution in [2.75, 3.05) is 0 Å². The van der Waals surface area contributed by atoms with Crippen LogP contribution in [0.1, 0.15) is 28.9 Å². The number of hydrogen-bond acceptors (Lipinski definition) is 2. The topological polar surface area (TPSA) is 50.2 Å². The van der Waals surface area contributed by atoms with Gasteiger partial charge in [0.2, 0.25) is 0 Å². The second-order valence-electron chi connectivity index (χ2n) is 3.28. The highest BCUT2D eigenvalue weighted by Crippen LogP contribution is 2.27. The quantitative estimate of drug-likeness (QED) is 0.869. The second kappa shape index (κ2) is 5.34. The average Bonchev–Trinajstić information content (AvgIpc) is 2.15. The van der Waals surface area contributed by atoms with Crippen molar-refractivity contribution in [1.82, 2.24) is 4.98 Å². The van der Waals surface area contributed by atoms with Crippen molar-refractivity contribution in [1.29, 1.82) is 0 Å². The lowest BCUT2D eigenvalue weighted by molar-refractivity contribution is -0.136. The van der Waals surface area contributed by atoms with Gasteiger partial charge in [-0.25, -0.2) is 8.78 Å². The highest BCUT2D eigenvalue weighted by atomic mass is 79.9. The lowest BCUT2D eigenvalue weighted by Crippen LogP contribution is -2.09. The van der Waals surface area contributed by atoms with Crippen LogP contribution in [0.3, 0.4) is 0 Å². The molecule has 1 rings (SSSR count). The summed E-state index contributed by atoms with van der Waals surface area (Å²) in [7, 11) is 0. The van der Waals surface area contributed by atoms with Crippen LogP contribution >= 0.6 is 15.9 Å². The predicted octanol–water partition coefficient (Wildman–Crippen LogP) is 2.85. The number of aromatic nitrogens is 1. The van der Waals surface area contributed by atoms with Crippen molar-refractivity contribution in [3.05, 3.63) is 28.6 Å². The Morgan fingerprint density at radius 2 is 2.25 bits per heavy atom. The number of halogens is 3. The molecule has 0 saturated heterocycles. The van der Waals surface area contributed by atoms with Crippen molar-refractivity contribution in [2.24, 2.45) is 0 Å². The number of aliphatic carboxylic acids is 1. The highest BCUT2D eigenvalue weighted by molar-refractivity contribution is 9.08. The molecule has 1 aromatic heterocycles. The van der Waals surface area contributed by atoms with Crippen LogP contribution < -0.4 is 0 Å². The molecular formula is C10H10BrF2NO2. The van der Waals surface area contributed by atoms with Crippen molar-refractivity contribution < 1.29 is 18.7 Å². The van der Waals surface area contributed by atoms with Gasteiger partial charge in [-0.1, -0.05) is 15.9 Å². The van der Waals surface area contributed by atoms with Gasteiger partial charge in [0.25, 0.3) is 6.43 Å². The summed E-state index contributed by atoms with van der Waals surface area (Å²) in [6.07, 6.45) is -2.97. The zero-order chi connectivity index (χ0) is 12.3. The minimum atomic E-state index is -2.62. The molecule has 0 aliphatic heterocycles. The van der Waals surface area contributed by atoms with Crippen LogP contribution in [0.5, 0.6) is 0 Å². The third-order valence-corrected chi connectivity index (χ3v) is 2.62. The summed E-state index contributed by atoms with van der Waals surface area (Å²) in [6, 6.07) is 1.28. The fourth-order valence-electron chi connectivity index (χ4n) is 1.43. The lowest BCUT2D eigenvalue weighted by atomic mass is 10.0. The molecule has 0 amide bonds. The van der Waals surface area contributed by atoms with E-state index in [1.54, 1.807) is 6.92 Å². The number of aryl methyl sites for hydroxylation is 1. The maximum absolute atomic E-state index is 12.7. The summed E-state index contributed by atoms with van der Waals surface area (Å²) in [4.78, 5) is 14.6. The third-order valence-electron chi connectivity index (χ3n) is 2.06. The SMILES string of the molecule is Cc1cc(C(F)F)c(CBr)c(CC(=O)O)n1. The van der Waals surface area contributed by atoms with Gasteiger partial charge in [0.15, 0.2) is 0 Å². The van der Waals surface area contributed by atoms with Gasteiger partial charge in [0.1, 0.15) is 0 Å². The molecule has 0 aliphatic rings. The normalized spacial score (nSPS) is 10.8. The number of carboxylic acid groups (broad SMARTS) is 1. The summed E-state index contributed by atoms with van der Waals surface area (Å²) in [5, 5.41) is 8.83. The monoisotopic (exact) mass is 293 g/mol. The van der Waals surface area contributed by atoms with E-state index in [4.69, 9.17) is 5.11 Å². The van der Waals surface area contributed by atoms with E-state index in [0.29, 0.717) is 5.69 Å². The lowest BCUT2D eigenvalue weighted by Gasteiger charge is -2.11. The largest absolute Gasteiger partial charge is 0.481 e.